The molecule has 0 saturated carbocycles. The number of aromatic nitrogens is 1. The first kappa shape index (κ1) is 26.4. The number of hydrogen-bond acceptors (Lipinski definition) is 2. The number of pyridine rings is 1. The predicted octanol–water partition coefficient (Wildman–Crippen LogP) is 8.31. The Bertz CT molecular complexity index is 1690. The second-order valence-electron chi connectivity index (χ2n) is 10.9. The van der Waals surface area contributed by atoms with Crippen molar-refractivity contribution in [1.82, 2.24) is 0 Å². The summed E-state index contributed by atoms with van der Waals surface area (Å²) in [5.41, 5.74) is 8.64. The van der Waals surface area contributed by atoms with Crippen molar-refractivity contribution in [3.8, 4) is 16.9 Å². The molecule has 3 nitrogen and oxygen atoms in total. The molecule has 0 saturated heterocycles. The lowest BCUT2D eigenvalue weighted by molar-refractivity contribution is -0.919. The Kier molecular flexibility index (Phi) is 7.22. The van der Waals surface area contributed by atoms with Gasteiger partial charge in [0.05, 0.1) is 36.2 Å². The minimum atomic E-state index is 1.05. The van der Waals surface area contributed by atoms with Crippen molar-refractivity contribution < 1.29 is 9.05 Å². The van der Waals surface area contributed by atoms with Crippen LogP contribution in [-0.4, -0.2) is 31.7 Å². The summed E-state index contributed by atoms with van der Waals surface area (Å²) in [4.78, 5) is 3.61. The highest BCUT2D eigenvalue weighted by molar-refractivity contribution is 8.03. The van der Waals surface area contributed by atoms with Gasteiger partial charge in [-0.15, -0.1) is 0 Å². The molecule has 1 aliphatic heterocycles. The van der Waals surface area contributed by atoms with Crippen LogP contribution in [0.25, 0.3) is 33.9 Å². The van der Waals surface area contributed by atoms with E-state index in [1.165, 1.54) is 48.9 Å². The molecule has 1 aromatic heterocycles. The summed E-state index contributed by atoms with van der Waals surface area (Å²) < 4.78 is 3.45. The molecule has 0 aliphatic carbocycles. The molecule has 0 fully saturated rings. The Morgan fingerprint density at radius 3 is 2.20 bits per heavy atom. The van der Waals surface area contributed by atoms with Crippen molar-refractivity contribution in [3.05, 3.63) is 125 Å². The van der Waals surface area contributed by atoms with Crippen LogP contribution in [0.15, 0.2) is 119 Å². The van der Waals surface area contributed by atoms with Crippen molar-refractivity contribution in [2.75, 3.05) is 32.1 Å². The van der Waals surface area contributed by atoms with Gasteiger partial charge in [-0.3, -0.25) is 0 Å². The van der Waals surface area contributed by atoms with E-state index in [0.29, 0.717) is 0 Å². The van der Waals surface area contributed by atoms with Crippen LogP contribution in [0.3, 0.4) is 0 Å². The molecule has 0 N–H and O–H groups in total. The zero-order chi connectivity index (χ0) is 27.7. The highest BCUT2D eigenvalue weighted by Gasteiger charge is 2.26. The van der Waals surface area contributed by atoms with Gasteiger partial charge < -0.3 is 9.38 Å². The zero-order valence-corrected chi connectivity index (χ0v) is 24.7. The molecule has 5 aromatic rings. The first-order valence-corrected chi connectivity index (χ1v) is 15.0. The van der Waals surface area contributed by atoms with Crippen LogP contribution < -0.4 is 9.47 Å². The monoisotopic (exact) mass is 543 g/mol. The van der Waals surface area contributed by atoms with Crippen molar-refractivity contribution in [2.24, 2.45) is 0 Å². The number of hydrogen-bond donors (Lipinski definition) is 0. The summed E-state index contributed by atoms with van der Waals surface area (Å²) in [6.07, 6.45) is 2.35. The Balaban J connectivity index is 1.52. The van der Waals surface area contributed by atoms with Gasteiger partial charge in [0.1, 0.15) is 6.54 Å². The third kappa shape index (κ3) is 4.94. The van der Waals surface area contributed by atoms with E-state index in [-0.39, 0.29) is 0 Å². The van der Waals surface area contributed by atoms with Crippen LogP contribution >= 0.6 is 11.8 Å². The molecule has 1 aliphatic rings. The smallest absolute Gasteiger partial charge is 0.219 e. The minimum absolute atomic E-state index is 1.05. The predicted molar refractivity (Wildman–Crippen MR) is 171 cm³/mol. The summed E-state index contributed by atoms with van der Waals surface area (Å²) in [5.74, 6) is 0. The molecule has 0 radical (unpaired) electrons. The Labute approximate surface area is 242 Å². The first-order chi connectivity index (χ1) is 19.5. The molecule has 0 amide bonds. The lowest BCUT2D eigenvalue weighted by Crippen LogP contribution is -2.42. The highest BCUT2D eigenvalue weighted by atomic mass is 32.2. The van der Waals surface area contributed by atoms with E-state index >= 15 is 0 Å². The average Bonchev–Trinajstić information content (AvgIpc) is 3.32. The summed E-state index contributed by atoms with van der Waals surface area (Å²) in [7, 11) is 4.51. The zero-order valence-electron chi connectivity index (χ0n) is 23.8. The molecule has 4 heteroatoms. The van der Waals surface area contributed by atoms with E-state index in [0.717, 1.165) is 29.8 Å². The van der Waals surface area contributed by atoms with Crippen LogP contribution in [0.2, 0.25) is 0 Å². The molecule has 2 heterocycles. The van der Waals surface area contributed by atoms with Gasteiger partial charge in [-0.1, -0.05) is 66.4 Å². The van der Waals surface area contributed by atoms with Crippen LogP contribution in [0.1, 0.15) is 25.0 Å². The van der Waals surface area contributed by atoms with E-state index in [4.69, 9.17) is 0 Å². The minimum Gasteiger partial charge on any atom is -0.338 e. The number of fused-ring (bicyclic) bond motifs is 2. The van der Waals surface area contributed by atoms with Crippen molar-refractivity contribution in [2.45, 2.75) is 25.3 Å². The van der Waals surface area contributed by atoms with E-state index in [1.54, 1.807) is 0 Å². The quantitative estimate of drug-likeness (QED) is 0.151. The highest BCUT2D eigenvalue weighted by Crippen LogP contribution is 2.45. The first-order valence-electron chi connectivity index (χ1n) is 14.2. The van der Waals surface area contributed by atoms with E-state index < -0.39 is 0 Å². The average molecular weight is 544 g/mol. The van der Waals surface area contributed by atoms with Crippen molar-refractivity contribution in [1.29, 1.82) is 0 Å². The molecule has 6 rings (SSSR count). The molecule has 4 aromatic carbocycles. The van der Waals surface area contributed by atoms with Gasteiger partial charge in [0.2, 0.25) is 16.9 Å². The Morgan fingerprint density at radius 2 is 1.48 bits per heavy atom. The number of rotatable bonds is 7. The lowest BCUT2D eigenvalue weighted by atomic mass is 10.0. The largest absolute Gasteiger partial charge is 0.338 e. The SMILES string of the molecule is CC[N+](C)(CC)Cc1ccc(-c2cc(/C=C3\Sc4ccccc4N3C)c3ccccc3[n+]2-c2ccccc2)cc1. The second-order valence-corrected chi connectivity index (χ2v) is 12.0. The van der Waals surface area contributed by atoms with E-state index in [9.17, 15) is 0 Å². The standard InChI is InChI=1S/C36H37N3S/c1-5-39(4,6-2)26-27-20-22-28(23-21-27)34-24-29(25-36-37(3)33-18-12-13-19-35(33)40-36)31-16-10-11-17-32(31)38(34)30-14-8-7-9-15-30/h7-25H,5-6,26H2,1-4H3/q+2. The van der Waals surface area contributed by atoms with Crippen LogP contribution in [0.5, 0.6) is 0 Å². The van der Waals surface area contributed by atoms with Gasteiger partial charge >= 0.3 is 0 Å². The van der Waals surface area contributed by atoms with Crippen LogP contribution in [-0.2, 0) is 6.54 Å². The maximum Gasteiger partial charge on any atom is 0.219 e. The fourth-order valence-electron chi connectivity index (χ4n) is 5.57. The van der Waals surface area contributed by atoms with Crippen molar-refractivity contribution >= 4 is 34.4 Å². The number of quaternary nitrogens is 1. The number of benzene rings is 4. The van der Waals surface area contributed by atoms with Gasteiger partial charge in [0.15, 0.2) is 0 Å². The fourth-order valence-corrected chi connectivity index (χ4v) is 6.67. The maximum atomic E-state index is 2.41. The van der Waals surface area contributed by atoms with E-state index in [1.807, 2.05) is 11.8 Å². The van der Waals surface area contributed by atoms with Crippen LogP contribution in [0.4, 0.5) is 5.69 Å². The van der Waals surface area contributed by atoms with Gasteiger partial charge in [0, 0.05) is 47.3 Å². The molecule has 0 unspecified atom stereocenters. The molecule has 0 spiro atoms. The van der Waals surface area contributed by atoms with Crippen molar-refractivity contribution in [3.63, 3.8) is 0 Å². The van der Waals surface area contributed by atoms with Crippen LogP contribution in [0, 0.1) is 0 Å². The molecular weight excluding hydrogens is 506 g/mol. The number of anilines is 1. The fraction of sp³-hybridized carbons (Fsp3) is 0.194. The number of thioether (sulfide) groups is 1. The molecule has 0 bridgehead atoms. The van der Waals surface area contributed by atoms with E-state index in [2.05, 4.69) is 153 Å². The summed E-state index contributed by atoms with van der Waals surface area (Å²) in [6.45, 7) is 7.87. The Morgan fingerprint density at radius 1 is 0.800 bits per heavy atom. The molecule has 200 valence electrons. The van der Waals surface area contributed by atoms with Gasteiger partial charge in [0.25, 0.3) is 0 Å². The number of nitrogens with zero attached hydrogens (tertiary/aromatic N) is 3. The topological polar surface area (TPSA) is 7.12 Å². The molecular formula is C36H37N3S+2. The molecule has 40 heavy (non-hydrogen) atoms. The van der Waals surface area contributed by atoms with Gasteiger partial charge in [-0.25, -0.2) is 0 Å². The summed E-state index contributed by atoms with van der Waals surface area (Å²) in [5, 5.41) is 2.48. The lowest BCUT2D eigenvalue weighted by Gasteiger charge is -2.32. The maximum absolute atomic E-state index is 2.41. The van der Waals surface area contributed by atoms with Gasteiger partial charge in [-0.05, 0) is 55.8 Å². The second kappa shape index (κ2) is 11.0. The number of para-hydroxylation sites is 3. The third-order valence-corrected chi connectivity index (χ3v) is 9.56. The molecule has 0 atom stereocenters. The summed E-state index contributed by atoms with van der Waals surface area (Å²) >= 11 is 1.84. The van der Waals surface area contributed by atoms with Gasteiger partial charge in [-0.2, -0.15) is 4.57 Å². The third-order valence-electron chi connectivity index (χ3n) is 8.40. The Hall–Kier alpha value is -3.86. The normalized spacial score (nSPS) is 14.2. The summed E-state index contributed by atoms with van der Waals surface area (Å²) in [6, 6.07) is 39.7.